The van der Waals surface area contributed by atoms with Gasteiger partial charge in [-0.1, -0.05) is 26.8 Å². The number of halogens is 2. The smallest absolute Gasteiger partial charge is 0.324 e. The lowest BCUT2D eigenvalue weighted by Crippen LogP contribution is -2.21. The molecular formula is C30H27F2N9O. The second kappa shape index (κ2) is 10.5. The number of anilines is 4. The van der Waals surface area contributed by atoms with Crippen molar-refractivity contribution < 1.29 is 13.6 Å². The predicted molar refractivity (Wildman–Crippen MR) is 158 cm³/mol. The Labute approximate surface area is 239 Å². The lowest BCUT2D eigenvalue weighted by atomic mass is 9.92. The third-order valence-corrected chi connectivity index (χ3v) is 6.61. The van der Waals surface area contributed by atoms with Crippen molar-refractivity contribution in [3.05, 3.63) is 96.5 Å². The lowest BCUT2D eigenvalue weighted by Gasteiger charge is -2.14. The standard InChI is InChI=1S/C30H27F2N9O/c1-30(2,3)26-14-27(41(40-26)21-8-10-23(31)24(32)13-21)37-29(42)36-19-6-4-5-18(11-19)35-20-7-9-22-25(12-20)38-39-28(22)17-15-33-34-16-17/h4-16,35H,1-3H3,(H,33,34)(H,38,39)(H2,36,37,42). The van der Waals surface area contributed by atoms with Gasteiger partial charge in [0.2, 0.25) is 0 Å². The first-order chi connectivity index (χ1) is 20.1. The molecule has 0 radical (unpaired) electrons. The molecule has 6 rings (SSSR count). The van der Waals surface area contributed by atoms with Gasteiger partial charge in [0.25, 0.3) is 0 Å². The summed E-state index contributed by atoms with van der Waals surface area (Å²) in [5.41, 5.74) is 5.27. The molecule has 12 heteroatoms. The second-order valence-electron chi connectivity index (χ2n) is 10.8. The number of carbonyl (C=O) groups excluding carboxylic acids is 1. The summed E-state index contributed by atoms with van der Waals surface area (Å²) in [6.45, 7) is 5.90. The predicted octanol–water partition coefficient (Wildman–Crippen LogP) is 7.10. The maximum atomic E-state index is 14.0. The van der Waals surface area contributed by atoms with Gasteiger partial charge >= 0.3 is 6.03 Å². The van der Waals surface area contributed by atoms with Gasteiger partial charge in [-0.25, -0.2) is 18.3 Å². The monoisotopic (exact) mass is 567 g/mol. The molecule has 212 valence electrons. The van der Waals surface area contributed by atoms with E-state index in [0.717, 1.165) is 45.7 Å². The first kappa shape index (κ1) is 26.7. The molecular weight excluding hydrogens is 540 g/mol. The highest BCUT2D eigenvalue weighted by Crippen LogP contribution is 2.30. The molecule has 42 heavy (non-hydrogen) atoms. The number of carbonyl (C=O) groups is 1. The summed E-state index contributed by atoms with van der Waals surface area (Å²) >= 11 is 0. The van der Waals surface area contributed by atoms with Gasteiger partial charge in [-0.15, -0.1) is 0 Å². The summed E-state index contributed by atoms with van der Waals surface area (Å²) in [6.07, 6.45) is 3.51. The van der Waals surface area contributed by atoms with Crippen LogP contribution in [0.1, 0.15) is 26.5 Å². The van der Waals surface area contributed by atoms with Crippen molar-refractivity contribution in [1.29, 1.82) is 0 Å². The molecule has 0 aliphatic heterocycles. The van der Waals surface area contributed by atoms with E-state index < -0.39 is 17.7 Å². The first-order valence-electron chi connectivity index (χ1n) is 13.1. The Hall–Kier alpha value is -5.52. The number of H-pyrrole nitrogens is 2. The zero-order valence-corrected chi connectivity index (χ0v) is 23.0. The van der Waals surface area contributed by atoms with Gasteiger partial charge in [-0.05, 0) is 48.5 Å². The number of aromatic amines is 2. The number of nitrogens with one attached hydrogen (secondary N) is 5. The van der Waals surface area contributed by atoms with Crippen LogP contribution in [0.4, 0.5) is 36.5 Å². The quantitative estimate of drug-likeness (QED) is 0.147. The minimum atomic E-state index is -1.01. The van der Waals surface area contributed by atoms with Gasteiger partial charge in [0, 0.05) is 51.8 Å². The fourth-order valence-electron chi connectivity index (χ4n) is 4.47. The van der Waals surface area contributed by atoms with E-state index in [-0.39, 0.29) is 11.1 Å². The molecule has 0 fully saturated rings. The Balaban J connectivity index is 1.19. The number of amides is 2. The van der Waals surface area contributed by atoms with Crippen molar-refractivity contribution in [2.75, 3.05) is 16.0 Å². The van der Waals surface area contributed by atoms with E-state index in [1.165, 1.54) is 10.7 Å². The maximum absolute atomic E-state index is 14.0. The Morgan fingerprint density at radius 1 is 0.905 bits per heavy atom. The van der Waals surface area contributed by atoms with E-state index in [9.17, 15) is 13.6 Å². The van der Waals surface area contributed by atoms with Crippen molar-refractivity contribution in [2.45, 2.75) is 26.2 Å². The molecule has 3 aromatic carbocycles. The Morgan fingerprint density at radius 3 is 2.48 bits per heavy atom. The summed E-state index contributed by atoms with van der Waals surface area (Å²) in [7, 11) is 0. The summed E-state index contributed by atoms with van der Waals surface area (Å²) in [6, 6.07) is 17.7. The number of aromatic nitrogens is 6. The second-order valence-corrected chi connectivity index (χ2v) is 10.8. The van der Waals surface area contributed by atoms with Crippen molar-refractivity contribution in [3.8, 4) is 16.9 Å². The number of hydrogen-bond acceptors (Lipinski definition) is 5. The topological polar surface area (TPSA) is 128 Å². The number of hydrogen-bond donors (Lipinski definition) is 5. The zero-order chi connectivity index (χ0) is 29.4. The summed E-state index contributed by atoms with van der Waals surface area (Å²) in [5, 5.41) is 28.7. The van der Waals surface area contributed by atoms with Gasteiger partial charge in [0.15, 0.2) is 11.6 Å². The molecule has 0 saturated heterocycles. The molecule has 3 heterocycles. The summed E-state index contributed by atoms with van der Waals surface area (Å²) in [4.78, 5) is 13.0. The Kier molecular flexibility index (Phi) is 6.65. The lowest BCUT2D eigenvalue weighted by molar-refractivity contribution is 0.262. The molecule has 2 amide bonds. The molecule has 6 aromatic rings. The zero-order valence-electron chi connectivity index (χ0n) is 23.0. The van der Waals surface area contributed by atoms with Crippen molar-refractivity contribution in [2.24, 2.45) is 0 Å². The van der Waals surface area contributed by atoms with Crippen LogP contribution in [0.3, 0.4) is 0 Å². The van der Waals surface area contributed by atoms with Gasteiger partial charge < -0.3 is 10.6 Å². The van der Waals surface area contributed by atoms with Crippen LogP contribution < -0.4 is 16.0 Å². The molecule has 0 atom stereocenters. The van der Waals surface area contributed by atoms with Crippen LogP contribution in [-0.4, -0.2) is 36.2 Å². The average molecular weight is 568 g/mol. The van der Waals surface area contributed by atoms with Gasteiger partial charge in [0.05, 0.1) is 23.1 Å². The first-order valence-corrected chi connectivity index (χ1v) is 13.1. The Morgan fingerprint density at radius 2 is 1.71 bits per heavy atom. The van der Waals surface area contributed by atoms with Gasteiger partial charge in [-0.2, -0.15) is 15.3 Å². The fraction of sp³-hybridized carbons (Fsp3) is 0.133. The van der Waals surface area contributed by atoms with Crippen LogP contribution in [0.2, 0.25) is 0 Å². The molecule has 3 aromatic heterocycles. The molecule has 10 nitrogen and oxygen atoms in total. The number of benzene rings is 3. The molecule has 0 bridgehead atoms. The van der Waals surface area contributed by atoms with Crippen LogP contribution >= 0.6 is 0 Å². The van der Waals surface area contributed by atoms with E-state index in [1.807, 2.05) is 51.1 Å². The van der Waals surface area contributed by atoms with Crippen LogP contribution in [-0.2, 0) is 5.41 Å². The molecule has 0 spiro atoms. The van der Waals surface area contributed by atoms with Crippen LogP contribution in [0, 0.1) is 11.6 Å². The van der Waals surface area contributed by atoms with Crippen LogP contribution in [0.5, 0.6) is 0 Å². The highest BCUT2D eigenvalue weighted by atomic mass is 19.2. The van der Waals surface area contributed by atoms with Crippen LogP contribution in [0.25, 0.3) is 27.8 Å². The van der Waals surface area contributed by atoms with E-state index >= 15 is 0 Å². The highest BCUT2D eigenvalue weighted by Gasteiger charge is 2.22. The molecule has 0 aliphatic rings. The number of fused-ring (bicyclic) bond motifs is 1. The third-order valence-electron chi connectivity index (χ3n) is 6.61. The van der Waals surface area contributed by atoms with E-state index in [0.29, 0.717) is 17.2 Å². The molecule has 5 N–H and O–H groups in total. The summed E-state index contributed by atoms with van der Waals surface area (Å²) < 4.78 is 28.9. The minimum Gasteiger partial charge on any atom is -0.355 e. The van der Waals surface area contributed by atoms with E-state index in [2.05, 4.69) is 41.4 Å². The number of urea groups is 1. The number of rotatable bonds is 6. The molecule has 0 aliphatic carbocycles. The summed E-state index contributed by atoms with van der Waals surface area (Å²) in [5.74, 6) is -1.67. The minimum absolute atomic E-state index is 0.275. The SMILES string of the molecule is CC(C)(C)c1cc(NC(=O)Nc2cccc(Nc3ccc4c(-c5cn[nH]c5)n[nH]c4c3)c2)n(-c2ccc(F)c(F)c2)n1. The maximum Gasteiger partial charge on any atom is 0.324 e. The van der Waals surface area contributed by atoms with E-state index in [1.54, 1.807) is 30.6 Å². The fourth-order valence-corrected chi connectivity index (χ4v) is 4.47. The highest BCUT2D eigenvalue weighted by molar-refractivity contribution is 6.00. The average Bonchev–Trinajstić information content (AvgIpc) is 3.70. The largest absolute Gasteiger partial charge is 0.355 e. The van der Waals surface area contributed by atoms with Gasteiger partial charge in [-0.3, -0.25) is 15.5 Å². The van der Waals surface area contributed by atoms with E-state index in [4.69, 9.17) is 0 Å². The molecule has 0 unspecified atom stereocenters. The molecule has 0 saturated carbocycles. The van der Waals surface area contributed by atoms with Crippen molar-refractivity contribution >= 4 is 39.8 Å². The van der Waals surface area contributed by atoms with Gasteiger partial charge in [0.1, 0.15) is 11.5 Å². The normalized spacial score (nSPS) is 11.5. The van der Waals surface area contributed by atoms with Crippen LogP contribution in [0.15, 0.2) is 79.1 Å². The number of nitrogens with zero attached hydrogens (tertiary/aromatic N) is 4. The van der Waals surface area contributed by atoms with Crippen molar-refractivity contribution in [3.63, 3.8) is 0 Å². The third kappa shape index (κ3) is 5.42. The van der Waals surface area contributed by atoms with Crippen molar-refractivity contribution in [1.82, 2.24) is 30.2 Å². The Bertz CT molecular complexity index is 1900.